The molecule has 1 heterocycles. The van der Waals surface area contributed by atoms with Gasteiger partial charge in [0.05, 0.1) is 12.3 Å². The van der Waals surface area contributed by atoms with Gasteiger partial charge in [-0.3, -0.25) is 4.57 Å². The van der Waals surface area contributed by atoms with E-state index in [1.165, 1.54) is 0 Å². The van der Waals surface area contributed by atoms with Gasteiger partial charge in [0.15, 0.2) is 6.29 Å². The molecule has 0 saturated carbocycles. The number of aliphatic hydroxyl groups excluding tert-OH is 4. The van der Waals surface area contributed by atoms with E-state index in [-0.39, 0.29) is 6.42 Å². The minimum absolute atomic E-state index is 0.230. The maximum absolute atomic E-state index is 10.6. The molecule has 1 saturated heterocycles. The summed E-state index contributed by atoms with van der Waals surface area (Å²) in [6.07, 6.45) is -8.31. The standard InChI is InChI=1S/C7H15O8P/c8-4-3(1-2-16(12,13)14)15-7(11)6(10)5(4)9/h3-11H,1-2H2,(H2,12,13,14)/t3?,4-,5-,6?,7-/m1/s1. The van der Waals surface area contributed by atoms with Crippen molar-refractivity contribution in [3.8, 4) is 0 Å². The second-order valence-electron chi connectivity index (χ2n) is 3.71. The predicted molar refractivity (Wildman–Crippen MR) is 50.4 cm³/mol. The number of hydrogen-bond donors (Lipinski definition) is 6. The van der Waals surface area contributed by atoms with E-state index in [1.54, 1.807) is 0 Å². The van der Waals surface area contributed by atoms with Crippen LogP contribution in [0, 0.1) is 0 Å². The van der Waals surface area contributed by atoms with Crippen LogP contribution in [-0.2, 0) is 9.30 Å². The molecule has 16 heavy (non-hydrogen) atoms. The molecule has 0 radical (unpaired) electrons. The highest BCUT2D eigenvalue weighted by molar-refractivity contribution is 7.51. The largest absolute Gasteiger partial charge is 0.388 e. The van der Waals surface area contributed by atoms with E-state index in [0.717, 1.165) is 0 Å². The second-order valence-corrected chi connectivity index (χ2v) is 5.49. The number of aliphatic hydroxyl groups is 4. The predicted octanol–water partition coefficient (Wildman–Crippen LogP) is -2.65. The zero-order chi connectivity index (χ0) is 12.5. The van der Waals surface area contributed by atoms with Gasteiger partial charge in [-0.1, -0.05) is 0 Å². The molecular weight excluding hydrogens is 243 g/mol. The van der Waals surface area contributed by atoms with Crippen molar-refractivity contribution in [2.45, 2.75) is 37.1 Å². The first-order chi connectivity index (χ1) is 7.22. The molecule has 0 bridgehead atoms. The van der Waals surface area contributed by atoms with Crippen molar-refractivity contribution in [2.24, 2.45) is 0 Å². The van der Waals surface area contributed by atoms with Gasteiger partial charge < -0.3 is 34.9 Å². The summed E-state index contributed by atoms with van der Waals surface area (Å²) in [6.45, 7) is 0. The Labute approximate surface area is 91.3 Å². The quantitative estimate of drug-likeness (QED) is 0.301. The zero-order valence-corrected chi connectivity index (χ0v) is 9.14. The highest BCUT2D eigenvalue weighted by Crippen LogP contribution is 2.36. The molecule has 2 unspecified atom stereocenters. The normalized spacial score (nSPS) is 41.0. The SMILES string of the molecule is O=P(O)(O)CCC1O[C@@H](O)C(O)[C@H](O)[C@@H]1O. The van der Waals surface area contributed by atoms with Gasteiger partial charge in [0.2, 0.25) is 0 Å². The summed E-state index contributed by atoms with van der Waals surface area (Å²) >= 11 is 0. The summed E-state index contributed by atoms with van der Waals surface area (Å²) in [6, 6.07) is 0. The number of rotatable bonds is 3. The van der Waals surface area contributed by atoms with Crippen LogP contribution in [0.2, 0.25) is 0 Å². The smallest absolute Gasteiger partial charge is 0.325 e. The maximum atomic E-state index is 10.6. The van der Waals surface area contributed by atoms with Crippen LogP contribution in [0.1, 0.15) is 6.42 Å². The van der Waals surface area contributed by atoms with E-state index in [9.17, 15) is 14.8 Å². The lowest BCUT2D eigenvalue weighted by molar-refractivity contribution is -0.281. The van der Waals surface area contributed by atoms with E-state index in [1.807, 2.05) is 0 Å². The molecule has 0 amide bonds. The van der Waals surface area contributed by atoms with Crippen LogP contribution in [0.15, 0.2) is 0 Å². The molecule has 6 N–H and O–H groups in total. The molecule has 1 aliphatic heterocycles. The lowest BCUT2D eigenvalue weighted by Gasteiger charge is -2.38. The van der Waals surface area contributed by atoms with Crippen molar-refractivity contribution in [1.82, 2.24) is 0 Å². The molecule has 0 aromatic carbocycles. The summed E-state index contributed by atoms with van der Waals surface area (Å²) in [5.41, 5.74) is 0. The first kappa shape index (κ1) is 14.0. The second kappa shape index (κ2) is 5.07. The van der Waals surface area contributed by atoms with Crippen LogP contribution in [0.25, 0.3) is 0 Å². The van der Waals surface area contributed by atoms with E-state index < -0.39 is 44.5 Å². The van der Waals surface area contributed by atoms with E-state index in [0.29, 0.717) is 0 Å². The fourth-order valence-corrected chi connectivity index (χ4v) is 2.06. The van der Waals surface area contributed by atoms with Crippen molar-refractivity contribution < 1.29 is 39.5 Å². The number of hydrogen-bond acceptors (Lipinski definition) is 6. The molecule has 0 aromatic heterocycles. The third kappa shape index (κ3) is 3.47. The molecule has 96 valence electrons. The van der Waals surface area contributed by atoms with Crippen LogP contribution < -0.4 is 0 Å². The van der Waals surface area contributed by atoms with E-state index in [4.69, 9.17) is 24.7 Å². The fourth-order valence-electron chi connectivity index (χ4n) is 1.46. The first-order valence-electron chi connectivity index (χ1n) is 4.64. The van der Waals surface area contributed by atoms with Gasteiger partial charge in [0.1, 0.15) is 18.3 Å². The molecule has 0 aromatic rings. The van der Waals surface area contributed by atoms with Gasteiger partial charge >= 0.3 is 7.60 Å². The summed E-state index contributed by atoms with van der Waals surface area (Å²) in [7, 11) is -4.23. The lowest BCUT2D eigenvalue weighted by atomic mass is 9.97. The summed E-state index contributed by atoms with van der Waals surface area (Å²) in [5, 5.41) is 37.0. The monoisotopic (exact) mass is 258 g/mol. The number of ether oxygens (including phenoxy) is 1. The summed E-state index contributed by atoms with van der Waals surface area (Å²) in [4.78, 5) is 17.2. The third-order valence-corrected chi connectivity index (χ3v) is 3.23. The minimum Gasteiger partial charge on any atom is -0.388 e. The van der Waals surface area contributed by atoms with Crippen molar-refractivity contribution in [1.29, 1.82) is 0 Å². The van der Waals surface area contributed by atoms with Crippen molar-refractivity contribution >= 4 is 7.60 Å². The van der Waals surface area contributed by atoms with Gasteiger partial charge in [-0.2, -0.15) is 0 Å². The Hall–Kier alpha value is -0.0500. The van der Waals surface area contributed by atoms with Gasteiger partial charge in [-0.05, 0) is 6.42 Å². The topological polar surface area (TPSA) is 148 Å². The Bertz CT molecular complexity index is 278. The van der Waals surface area contributed by atoms with Crippen LogP contribution >= 0.6 is 7.60 Å². The molecule has 1 aliphatic rings. The third-order valence-electron chi connectivity index (χ3n) is 2.39. The van der Waals surface area contributed by atoms with Gasteiger partial charge in [0.25, 0.3) is 0 Å². The summed E-state index contributed by atoms with van der Waals surface area (Å²) in [5.74, 6) is 0. The van der Waals surface area contributed by atoms with Crippen LogP contribution in [-0.4, -0.2) is 67.1 Å². The Kier molecular flexibility index (Phi) is 4.44. The van der Waals surface area contributed by atoms with E-state index >= 15 is 0 Å². The summed E-state index contributed by atoms with van der Waals surface area (Å²) < 4.78 is 15.3. The van der Waals surface area contributed by atoms with Crippen LogP contribution in [0.4, 0.5) is 0 Å². The zero-order valence-electron chi connectivity index (χ0n) is 8.25. The molecule has 0 aliphatic carbocycles. The van der Waals surface area contributed by atoms with Crippen LogP contribution in [0.3, 0.4) is 0 Å². The fraction of sp³-hybridized carbons (Fsp3) is 1.00. The Morgan fingerprint density at radius 1 is 1.00 bits per heavy atom. The highest BCUT2D eigenvalue weighted by atomic mass is 31.2. The van der Waals surface area contributed by atoms with Crippen molar-refractivity contribution in [3.05, 3.63) is 0 Å². The lowest BCUT2D eigenvalue weighted by Crippen LogP contribution is -2.57. The average molecular weight is 258 g/mol. The maximum Gasteiger partial charge on any atom is 0.325 e. The van der Waals surface area contributed by atoms with Crippen molar-refractivity contribution in [2.75, 3.05) is 6.16 Å². The van der Waals surface area contributed by atoms with E-state index in [2.05, 4.69) is 0 Å². The van der Waals surface area contributed by atoms with Gasteiger partial charge in [-0.15, -0.1) is 0 Å². The molecule has 0 spiro atoms. The minimum atomic E-state index is -4.23. The molecule has 5 atom stereocenters. The molecule has 1 fully saturated rings. The van der Waals surface area contributed by atoms with Crippen LogP contribution in [0.5, 0.6) is 0 Å². The Morgan fingerprint density at radius 3 is 2.06 bits per heavy atom. The average Bonchev–Trinajstić information content (AvgIpc) is 2.17. The first-order valence-corrected chi connectivity index (χ1v) is 6.44. The molecule has 9 heteroatoms. The van der Waals surface area contributed by atoms with Gasteiger partial charge in [-0.25, -0.2) is 0 Å². The highest BCUT2D eigenvalue weighted by Gasteiger charge is 2.43. The Balaban J connectivity index is 2.57. The van der Waals surface area contributed by atoms with Gasteiger partial charge in [0, 0.05) is 0 Å². The Morgan fingerprint density at radius 2 is 1.56 bits per heavy atom. The molecular formula is C7H15O8P. The molecule has 8 nitrogen and oxygen atoms in total. The van der Waals surface area contributed by atoms with Crippen molar-refractivity contribution in [3.63, 3.8) is 0 Å². The molecule has 1 rings (SSSR count).